The Hall–Kier alpha value is -1.87. The second kappa shape index (κ2) is 4.42. The first-order chi connectivity index (χ1) is 8.81. The van der Waals surface area contributed by atoms with Crippen molar-refractivity contribution < 1.29 is 4.74 Å². The van der Waals surface area contributed by atoms with Gasteiger partial charge in [0.2, 0.25) is 0 Å². The van der Waals surface area contributed by atoms with Crippen LogP contribution in [0, 0.1) is 0 Å². The van der Waals surface area contributed by atoms with Crippen molar-refractivity contribution in [1.29, 1.82) is 0 Å². The summed E-state index contributed by atoms with van der Waals surface area (Å²) in [5.41, 5.74) is 4.25. The quantitative estimate of drug-likeness (QED) is 0.699. The SMILES string of the molecule is CCOC(C)c1nc2ccccc2n2cccc12. The smallest absolute Gasteiger partial charge is 0.0987 e. The molecule has 0 spiro atoms. The Morgan fingerprint density at radius 3 is 2.78 bits per heavy atom. The molecular formula is C15H16N2O. The van der Waals surface area contributed by atoms with Crippen LogP contribution in [0.4, 0.5) is 0 Å². The van der Waals surface area contributed by atoms with Crippen LogP contribution in [-0.2, 0) is 4.74 Å². The van der Waals surface area contributed by atoms with Crippen molar-refractivity contribution in [3.63, 3.8) is 0 Å². The lowest BCUT2D eigenvalue weighted by Crippen LogP contribution is -2.05. The Balaban J connectivity index is 2.31. The molecule has 0 aliphatic heterocycles. The number of ether oxygens (including phenoxy) is 1. The summed E-state index contributed by atoms with van der Waals surface area (Å²) in [5, 5.41) is 0. The van der Waals surface area contributed by atoms with E-state index in [1.807, 2.05) is 38.1 Å². The molecule has 0 bridgehead atoms. The first kappa shape index (κ1) is 11.2. The van der Waals surface area contributed by atoms with Gasteiger partial charge in [0.05, 0.1) is 28.3 Å². The average Bonchev–Trinajstić information content (AvgIpc) is 2.87. The van der Waals surface area contributed by atoms with Crippen LogP contribution in [0.25, 0.3) is 16.6 Å². The van der Waals surface area contributed by atoms with Gasteiger partial charge < -0.3 is 9.14 Å². The number of hydrogen-bond donors (Lipinski definition) is 0. The summed E-state index contributed by atoms with van der Waals surface area (Å²) in [6.07, 6.45) is 2.08. The molecule has 0 aliphatic carbocycles. The molecule has 1 unspecified atom stereocenters. The number of rotatable bonds is 3. The Labute approximate surface area is 106 Å². The summed E-state index contributed by atoms with van der Waals surface area (Å²) < 4.78 is 7.85. The predicted octanol–water partition coefficient (Wildman–Crippen LogP) is 3.59. The van der Waals surface area contributed by atoms with Crippen LogP contribution < -0.4 is 0 Å². The van der Waals surface area contributed by atoms with Crippen molar-refractivity contribution >= 4 is 16.6 Å². The maximum absolute atomic E-state index is 5.68. The van der Waals surface area contributed by atoms with E-state index >= 15 is 0 Å². The maximum atomic E-state index is 5.68. The van der Waals surface area contributed by atoms with Gasteiger partial charge in [-0.1, -0.05) is 12.1 Å². The molecule has 1 aromatic carbocycles. The summed E-state index contributed by atoms with van der Waals surface area (Å²) in [6, 6.07) is 12.3. The van der Waals surface area contributed by atoms with Crippen LogP contribution in [0.5, 0.6) is 0 Å². The highest BCUT2D eigenvalue weighted by molar-refractivity contribution is 5.79. The highest BCUT2D eigenvalue weighted by Crippen LogP contribution is 2.24. The number of aromatic nitrogens is 2. The number of fused-ring (bicyclic) bond motifs is 3. The molecule has 1 atom stereocenters. The molecule has 3 rings (SSSR count). The third-order valence-corrected chi connectivity index (χ3v) is 3.20. The van der Waals surface area contributed by atoms with Gasteiger partial charge in [-0.2, -0.15) is 0 Å². The highest BCUT2D eigenvalue weighted by Gasteiger charge is 2.13. The fourth-order valence-corrected chi connectivity index (χ4v) is 2.38. The zero-order valence-electron chi connectivity index (χ0n) is 10.6. The van der Waals surface area contributed by atoms with Crippen LogP contribution in [0.2, 0.25) is 0 Å². The van der Waals surface area contributed by atoms with Crippen molar-refractivity contribution in [2.75, 3.05) is 6.61 Å². The van der Waals surface area contributed by atoms with Crippen LogP contribution >= 0.6 is 0 Å². The summed E-state index contributed by atoms with van der Waals surface area (Å²) >= 11 is 0. The Kier molecular flexibility index (Phi) is 2.76. The molecule has 3 aromatic rings. The molecule has 92 valence electrons. The van der Waals surface area contributed by atoms with Gasteiger partial charge in [0.15, 0.2) is 0 Å². The third-order valence-electron chi connectivity index (χ3n) is 3.20. The van der Waals surface area contributed by atoms with Gasteiger partial charge in [0, 0.05) is 12.8 Å². The topological polar surface area (TPSA) is 26.5 Å². The van der Waals surface area contributed by atoms with Gasteiger partial charge in [-0.05, 0) is 38.1 Å². The Morgan fingerprint density at radius 2 is 1.94 bits per heavy atom. The van der Waals surface area contributed by atoms with Crippen molar-refractivity contribution in [1.82, 2.24) is 9.38 Å². The van der Waals surface area contributed by atoms with Gasteiger partial charge >= 0.3 is 0 Å². The molecule has 0 fully saturated rings. The van der Waals surface area contributed by atoms with Crippen LogP contribution in [0.3, 0.4) is 0 Å². The van der Waals surface area contributed by atoms with Gasteiger partial charge in [0.25, 0.3) is 0 Å². The predicted molar refractivity (Wildman–Crippen MR) is 72.7 cm³/mol. The van der Waals surface area contributed by atoms with E-state index < -0.39 is 0 Å². The molecule has 0 aliphatic rings. The second-order valence-corrected chi connectivity index (χ2v) is 4.35. The van der Waals surface area contributed by atoms with Crippen molar-refractivity contribution in [3.8, 4) is 0 Å². The average molecular weight is 240 g/mol. The lowest BCUT2D eigenvalue weighted by molar-refractivity contribution is 0.0744. The number of hydrogen-bond acceptors (Lipinski definition) is 2. The van der Waals surface area contributed by atoms with E-state index in [0.29, 0.717) is 6.61 Å². The van der Waals surface area contributed by atoms with E-state index in [0.717, 1.165) is 22.2 Å². The lowest BCUT2D eigenvalue weighted by Gasteiger charge is -2.14. The zero-order chi connectivity index (χ0) is 12.5. The molecule has 3 heteroatoms. The minimum absolute atomic E-state index is 0.0111. The second-order valence-electron chi connectivity index (χ2n) is 4.35. The number of nitrogens with zero attached hydrogens (tertiary/aromatic N) is 2. The van der Waals surface area contributed by atoms with Crippen LogP contribution in [0.15, 0.2) is 42.6 Å². The maximum Gasteiger partial charge on any atom is 0.0987 e. The molecular weight excluding hydrogens is 224 g/mol. The molecule has 0 radical (unpaired) electrons. The molecule has 0 saturated heterocycles. The first-order valence-corrected chi connectivity index (χ1v) is 6.28. The highest BCUT2D eigenvalue weighted by atomic mass is 16.5. The molecule has 3 nitrogen and oxygen atoms in total. The number of para-hydroxylation sites is 2. The summed E-state index contributed by atoms with van der Waals surface area (Å²) in [4.78, 5) is 4.75. The van der Waals surface area contributed by atoms with E-state index in [2.05, 4.69) is 22.7 Å². The Morgan fingerprint density at radius 1 is 1.17 bits per heavy atom. The van der Waals surface area contributed by atoms with Crippen molar-refractivity contribution in [2.24, 2.45) is 0 Å². The molecule has 18 heavy (non-hydrogen) atoms. The third kappa shape index (κ3) is 1.68. The summed E-state index contributed by atoms with van der Waals surface area (Å²) in [5.74, 6) is 0. The van der Waals surface area contributed by atoms with Crippen molar-refractivity contribution in [3.05, 3.63) is 48.3 Å². The fourth-order valence-electron chi connectivity index (χ4n) is 2.38. The van der Waals surface area contributed by atoms with E-state index in [-0.39, 0.29) is 6.10 Å². The minimum atomic E-state index is 0.0111. The van der Waals surface area contributed by atoms with Gasteiger partial charge in [-0.15, -0.1) is 0 Å². The molecule has 0 saturated carbocycles. The monoisotopic (exact) mass is 240 g/mol. The normalized spacial score (nSPS) is 13.2. The van der Waals surface area contributed by atoms with Gasteiger partial charge in [-0.3, -0.25) is 0 Å². The number of benzene rings is 1. The van der Waals surface area contributed by atoms with Gasteiger partial charge in [-0.25, -0.2) is 4.98 Å². The van der Waals surface area contributed by atoms with Crippen LogP contribution in [-0.4, -0.2) is 16.0 Å². The Bertz CT molecular complexity index is 687. The van der Waals surface area contributed by atoms with E-state index in [9.17, 15) is 0 Å². The minimum Gasteiger partial charge on any atom is -0.372 e. The molecule has 0 amide bonds. The van der Waals surface area contributed by atoms with E-state index in [1.54, 1.807) is 0 Å². The standard InChI is InChI=1S/C15H16N2O/c1-3-18-11(2)15-14-9-6-10-17(14)13-8-5-4-7-12(13)16-15/h4-11H,3H2,1-2H3. The van der Waals surface area contributed by atoms with Crippen LogP contribution in [0.1, 0.15) is 25.6 Å². The first-order valence-electron chi connectivity index (χ1n) is 6.28. The fraction of sp³-hybridized carbons (Fsp3) is 0.267. The molecule has 2 heterocycles. The van der Waals surface area contributed by atoms with E-state index in [4.69, 9.17) is 9.72 Å². The van der Waals surface area contributed by atoms with Gasteiger partial charge in [0.1, 0.15) is 0 Å². The zero-order valence-corrected chi connectivity index (χ0v) is 10.6. The van der Waals surface area contributed by atoms with E-state index in [1.165, 1.54) is 0 Å². The molecule has 2 aromatic heterocycles. The summed E-state index contributed by atoms with van der Waals surface area (Å²) in [6.45, 7) is 4.75. The molecule has 0 N–H and O–H groups in total. The summed E-state index contributed by atoms with van der Waals surface area (Å²) in [7, 11) is 0. The largest absolute Gasteiger partial charge is 0.372 e. The lowest BCUT2D eigenvalue weighted by atomic mass is 10.2. The van der Waals surface area contributed by atoms with Crippen molar-refractivity contribution in [2.45, 2.75) is 20.0 Å².